The maximum atomic E-state index is 11.8. The third kappa shape index (κ3) is 3.08. The van der Waals surface area contributed by atoms with Gasteiger partial charge in [-0.1, -0.05) is 0 Å². The Labute approximate surface area is 118 Å². The topological polar surface area (TPSA) is 67.8 Å². The van der Waals surface area contributed by atoms with Gasteiger partial charge >= 0.3 is 0 Å². The fourth-order valence-corrected chi connectivity index (χ4v) is 2.65. The van der Waals surface area contributed by atoms with Gasteiger partial charge in [0.25, 0.3) is 5.91 Å². The quantitative estimate of drug-likeness (QED) is 0.873. The molecular formula is C9H6Br2N4OS. The van der Waals surface area contributed by atoms with E-state index in [4.69, 9.17) is 0 Å². The number of hydrogen-bond acceptors (Lipinski definition) is 5. The van der Waals surface area contributed by atoms with Crippen molar-refractivity contribution in [2.45, 2.75) is 6.92 Å². The number of thiazole rings is 1. The summed E-state index contributed by atoms with van der Waals surface area (Å²) in [7, 11) is 0. The second-order valence-electron chi connectivity index (χ2n) is 3.03. The van der Waals surface area contributed by atoms with Crippen LogP contribution in [0.25, 0.3) is 0 Å². The molecule has 0 saturated carbocycles. The van der Waals surface area contributed by atoms with Crippen LogP contribution in [0.5, 0.6) is 0 Å². The summed E-state index contributed by atoms with van der Waals surface area (Å²) < 4.78 is 1.07. The van der Waals surface area contributed by atoms with Crippen LogP contribution in [0.1, 0.15) is 14.7 Å². The molecule has 2 heterocycles. The van der Waals surface area contributed by atoms with Crippen LogP contribution in [0.2, 0.25) is 0 Å². The number of nitrogens with zero attached hydrogens (tertiary/aromatic N) is 3. The van der Waals surface area contributed by atoms with Crippen molar-refractivity contribution in [1.82, 2.24) is 15.0 Å². The third-order valence-corrected chi connectivity index (χ3v) is 3.62. The van der Waals surface area contributed by atoms with Crippen LogP contribution in [-0.2, 0) is 0 Å². The van der Waals surface area contributed by atoms with Crippen LogP contribution in [-0.4, -0.2) is 20.9 Å². The predicted octanol–water partition coefficient (Wildman–Crippen LogP) is 3.02. The maximum Gasteiger partial charge on any atom is 0.268 e. The van der Waals surface area contributed by atoms with Gasteiger partial charge in [0.1, 0.15) is 14.1 Å². The molecular weight excluding hydrogens is 372 g/mol. The summed E-state index contributed by atoms with van der Waals surface area (Å²) in [6, 6.07) is 0. The second kappa shape index (κ2) is 5.19. The molecule has 0 radical (unpaired) electrons. The number of hydrogen-bond donors (Lipinski definition) is 1. The van der Waals surface area contributed by atoms with Crippen molar-refractivity contribution in [2.24, 2.45) is 0 Å². The largest absolute Gasteiger partial charge is 0.304 e. The first-order valence-electron chi connectivity index (χ1n) is 4.48. The van der Waals surface area contributed by atoms with Gasteiger partial charge in [0.15, 0.2) is 5.82 Å². The van der Waals surface area contributed by atoms with Gasteiger partial charge < -0.3 is 5.32 Å². The maximum absolute atomic E-state index is 11.8. The molecule has 0 unspecified atom stereocenters. The molecule has 1 amide bonds. The summed E-state index contributed by atoms with van der Waals surface area (Å²) >= 11 is 7.74. The van der Waals surface area contributed by atoms with Crippen LogP contribution >= 0.6 is 43.2 Å². The summed E-state index contributed by atoms with van der Waals surface area (Å²) in [5.74, 6) is 0.136. The van der Waals surface area contributed by atoms with E-state index < -0.39 is 0 Å². The van der Waals surface area contributed by atoms with Gasteiger partial charge in [0.05, 0.1) is 17.4 Å². The molecule has 0 aliphatic carbocycles. The van der Waals surface area contributed by atoms with Crippen LogP contribution in [0, 0.1) is 6.92 Å². The lowest BCUT2D eigenvalue weighted by atomic mass is 10.5. The number of amides is 1. The van der Waals surface area contributed by atoms with E-state index in [-0.39, 0.29) is 5.91 Å². The van der Waals surface area contributed by atoms with E-state index in [1.54, 1.807) is 0 Å². The van der Waals surface area contributed by atoms with Gasteiger partial charge in [-0.25, -0.2) is 15.0 Å². The van der Waals surface area contributed by atoms with Crippen molar-refractivity contribution in [1.29, 1.82) is 0 Å². The van der Waals surface area contributed by atoms with Gasteiger partial charge in [-0.15, -0.1) is 11.3 Å². The lowest BCUT2D eigenvalue weighted by molar-refractivity contribution is 0.103. The number of nitrogens with one attached hydrogen (secondary N) is 1. The molecule has 0 aliphatic rings. The highest BCUT2D eigenvalue weighted by Crippen LogP contribution is 2.21. The van der Waals surface area contributed by atoms with E-state index in [0.717, 1.165) is 5.01 Å². The molecule has 5 nitrogen and oxygen atoms in total. The number of aromatic nitrogens is 3. The number of rotatable bonds is 2. The van der Waals surface area contributed by atoms with E-state index in [9.17, 15) is 4.79 Å². The Morgan fingerprint density at radius 1 is 1.35 bits per heavy atom. The molecule has 1 N–H and O–H groups in total. The lowest BCUT2D eigenvalue weighted by Crippen LogP contribution is -2.12. The Morgan fingerprint density at radius 3 is 2.71 bits per heavy atom. The average molecular weight is 378 g/mol. The van der Waals surface area contributed by atoms with Crippen LogP contribution in [0.15, 0.2) is 21.6 Å². The Kier molecular flexibility index (Phi) is 3.85. The standard InChI is InChI=1S/C9H6Br2N4OS/c1-4-12-2-5(17-4)9(16)15-8-7(11)14-6(10)3-13-8/h2-3H,1H3,(H,13,15,16). The highest BCUT2D eigenvalue weighted by molar-refractivity contribution is 9.11. The lowest BCUT2D eigenvalue weighted by Gasteiger charge is -2.03. The molecule has 0 fully saturated rings. The van der Waals surface area contributed by atoms with Crippen molar-refractivity contribution in [3.63, 3.8) is 0 Å². The fourth-order valence-electron chi connectivity index (χ4n) is 1.07. The van der Waals surface area contributed by atoms with Crippen LogP contribution in [0.4, 0.5) is 5.82 Å². The smallest absolute Gasteiger partial charge is 0.268 e. The van der Waals surface area contributed by atoms with Crippen molar-refractivity contribution in [3.05, 3.63) is 31.5 Å². The normalized spacial score (nSPS) is 10.3. The molecule has 88 valence electrons. The average Bonchev–Trinajstić information content (AvgIpc) is 2.69. The van der Waals surface area contributed by atoms with Crippen molar-refractivity contribution in [2.75, 3.05) is 5.32 Å². The van der Waals surface area contributed by atoms with Crippen LogP contribution in [0.3, 0.4) is 0 Å². The number of carbonyl (C=O) groups is 1. The zero-order valence-electron chi connectivity index (χ0n) is 8.57. The molecule has 0 aromatic carbocycles. The summed E-state index contributed by atoms with van der Waals surface area (Å²) in [5.41, 5.74) is 0. The highest BCUT2D eigenvalue weighted by Gasteiger charge is 2.12. The first kappa shape index (κ1) is 12.6. The summed E-state index contributed by atoms with van der Waals surface area (Å²) in [6.07, 6.45) is 3.05. The predicted molar refractivity (Wildman–Crippen MR) is 72.2 cm³/mol. The first-order valence-corrected chi connectivity index (χ1v) is 6.88. The van der Waals surface area contributed by atoms with Gasteiger partial charge in [-0.3, -0.25) is 4.79 Å². The van der Waals surface area contributed by atoms with E-state index in [0.29, 0.717) is 19.9 Å². The Balaban J connectivity index is 2.18. The molecule has 0 bridgehead atoms. The SMILES string of the molecule is Cc1ncc(C(=O)Nc2ncc(Br)nc2Br)s1. The minimum absolute atomic E-state index is 0.243. The van der Waals surface area contributed by atoms with Crippen molar-refractivity contribution in [3.8, 4) is 0 Å². The minimum Gasteiger partial charge on any atom is -0.304 e. The molecule has 2 aromatic rings. The highest BCUT2D eigenvalue weighted by atomic mass is 79.9. The molecule has 8 heteroatoms. The number of anilines is 1. The molecule has 0 atom stereocenters. The molecule has 0 spiro atoms. The van der Waals surface area contributed by atoms with Gasteiger partial charge in [-0.2, -0.15) is 0 Å². The number of carbonyl (C=O) groups excluding carboxylic acids is 1. The minimum atomic E-state index is -0.243. The van der Waals surface area contributed by atoms with Gasteiger partial charge in [0, 0.05) is 0 Å². The Morgan fingerprint density at radius 2 is 2.12 bits per heavy atom. The van der Waals surface area contributed by atoms with E-state index in [1.165, 1.54) is 23.7 Å². The molecule has 0 aliphatic heterocycles. The van der Waals surface area contributed by atoms with Crippen molar-refractivity contribution < 1.29 is 4.79 Å². The number of halogens is 2. The zero-order chi connectivity index (χ0) is 12.4. The van der Waals surface area contributed by atoms with Gasteiger partial charge in [-0.05, 0) is 38.8 Å². The van der Waals surface area contributed by atoms with Gasteiger partial charge in [0.2, 0.25) is 0 Å². The van der Waals surface area contributed by atoms with Crippen LogP contribution < -0.4 is 5.32 Å². The second-order valence-corrected chi connectivity index (χ2v) is 5.83. The monoisotopic (exact) mass is 376 g/mol. The zero-order valence-corrected chi connectivity index (χ0v) is 12.6. The molecule has 2 aromatic heterocycles. The molecule has 2 rings (SSSR count). The van der Waals surface area contributed by atoms with E-state index >= 15 is 0 Å². The van der Waals surface area contributed by atoms with Crippen molar-refractivity contribution >= 4 is 54.9 Å². The Bertz CT molecular complexity index is 572. The summed E-state index contributed by atoms with van der Waals surface area (Å²) in [4.78, 5) is 24.5. The summed E-state index contributed by atoms with van der Waals surface area (Å²) in [5, 5.41) is 3.50. The van der Waals surface area contributed by atoms with E-state index in [1.807, 2.05) is 6.92 Å². The fraction of sp³-hybridized carbons (Fsp3) is 0.111. The summed E-state index contributed by atoms with van der Waals surface area (Å²) in [6.45, 7) is 1.84. The molecule has 0 saturated heterocycles. The first-order chi connectivity index (χ1) is 8.06. The Hall–Kier alpha value is -0.860. The third-order valence-electron chi connectivity index (χ3n) is 1.78. The number of aryl methyl sites for hydroxylation is 1. The molecule has 17 heavy (non-hydrogen) atoms. The van der Waals surface area contributed by atoms with E-state index in [2.05, 4.69) is 52.1 Å².